The van der Waals surface area contributed by atoms with Crippen molar-refractivity contribution in [3.8, 4) is 0 Å². The fraction of sp³-hybridized carbons (Fsp3) is 0.333. The van der Waals surface area contributed by atoms with Gasteiger partial charge in [0.15, 0.2) is 0 Å². The Balaban J connectivity index is 2.11. The Labute approximate surface area is 131 Å². The van der Waals surface area contributed by atoms with E-state index in [1.165, 1.54) is 11.1 Å². The van der Waals surface area contributed by atoms with Crippen LogP contribution in [0.1, 0.15) is 16.7 Å². The highest BCUT2D eigenvalue weighted by atomic mass is 35.5. The first kappa shape index (κ1) is 16.0. The quantitative estimate of drug-likeness (QED) is 0.833. The van der Waals surface area contributed by atoms with E-state index in [0.717, 1.165) is 13.0 Å². The first-order chi connectivity index (χ1) is 10.1. The maximum atomic E-state index is 14.0. The zero-order chi connectivity index (χ0) is 15.2. The largest absolute Gasteiger partial charge is 0.319 e. The van der Waals surface area contributed by atoms with Gasteiger partial charge in [-0.3, -0.25) is 0 Å². The van der Waals surface area contributed by atoms with E-state index >= 15 is 0 Å². The lowest BCUT2D eigenvalue weighted by Gasteiger charge is -2.17. The van der Waals surface area contributed by atoms with E-state index in [1.54, 1.807) is 6.07 Å². The number of nitrogens with one attached hydrogen (secondary N) is 1. The number of rotatable bonds is 6. The van der Waals surface area contributed by atoms with Crippen molar-refractivity contribution in [3.63, 3.8) is 0 Å². The Morgan fingerprint density at radius 2 is 1.81 bits per heavy atom. The molecule has 1 unspecified atom stereocenters. The summed E-state index contributed by atoms with van der Waals surface area (Å²) in [4.78, 5) is 0. The smallest absolute Gasteiger partial charge is 0.144 e. The van der Waals surface area contributed by atoms with Crippen LogP contribution in [0.4, 0.5) is 4.39 Å². The average Bonchev–Trinajstić information content (AvgIpc) is 2.46. The minimum Gasteiger partial charge on any atom is -0.319 e. The Hall–Kier alpha value is -1.38. The first-order valence-corrected chi connectivity index (χ1v) is 7.61. The molecule has 0 heterocycles. The molecule has 0 aliphatic heterocycles. The van der Waals surface area contributed by atoms with Crippen molar-refractivity contribution >= 4 is 11.6 Å². The summed E-state index contributed by atoms with van der Waals surface area (Å²) >= 11 is 5.86. The summed E-state index contributed by atoms with van der Waals surface area (Å²) in [5.74, 6) is 0.0508. The highest BCUT2D eigenvalue weighted by Gasteiger charge is 2.14. The number of hydrogen-bond donors (Lipinski definition) is 1. The Bertz CT molecular complexity index is 580. The van der Waals surface area contributed by atoms with Crippen LogP contribution in [-0.2, 0) is 12.8 Å². The van der Waals surface area contributed by atoms with Gasteiger partial charge in [0.1, 0.15) is 5.82 Å². The molecule has 3 heteroatoms. The summed E-state index contributed by atoms with van der Waals surface area (Å²) in [6, 6.07) is 13.7. The molecule has 0 fully saturated rings. The van der Waals surface area contributed by atoms with Gasteiger partial charge in [-0.2, -0.15) is 0 Å². The van der Waals surface area contributed by atoms with Crippen molar-refractivity contribution in [3.05, 3.63) is 70.0 Å². The van der Waals surface area contributed by atoms with Gasteiger partial charge in [0, 0.05) is 0 Å². The van der Waals surface area contributed by atoms with Crippen LogP contribution in [0.2, 0.25) is 5.02 Å². The van der Waals surface area contributed by atoms with Crippen LogP contribution < -0.4 is 5.32 Å². The van der Waals surface area contributed by atoms with Crippen molar-refractivity contribution in [1.82, 2.24) is 5.32 Å². The molecule has 112 valence electrons. The molecule has 0 aliphatic rings. The molecule has 0 radical (unpaired) electrons. The topological polar surface area (TPSA) is 12.0 Å². The molecule has 0 bridgehead atoms. The van der Waals surface area contributed by atoms with Crippen molar-refractivity contribution in [2.24, 2.45) is 5.92 Å². The van der Waals surface area contributed by atoms with E-state index in [-0.39, 0.29) is 10.8 Å². The van der Waals surface area contributed by atoms with Gasteiger partial charge in [-0.15, -0.1) is 0 Å². The molecule has 0 saturated heterocycles. The van der Waals surface area contributed by atoms with Gasteiger partial charge in [-0.1, -0.05) is 53.6 Å². The molecule has 0 amide bonds. The lowest BCUT2D eigenvalue weighted by molar-refractivity contribution is 0.480. The zero-order valence-electron chi connectivity index (χ0n) is 12.5. The maximum Gasteiger partial charge on any atom is 0.144 e. The van der Waals surface area contributed by atoms with Gasteiger partial charge in [-0.05, 0) is 56.5 Å². The summed E-state index contributed by atoms with van der Waals surface area (Å²) in [5.41, 5.74) is 3.22. The average molecular weight is 306 g/mol. The van der Waals surface area contributed by atoms with E-state index in [9.17, 15) is 4.39 Å². The van der Waals surface area contributed by atoms with Crippen LogP contribution in [0.3, 0.4) is 0 Å². The summed E-state index contributed by atoms with van der Waals surface area (Å²) in [7, 11) is 1.93. The predicted octanol–water partition coefficient (Wildman–Crippen LogP) is 4.41. The molecule has 1 N–H and O–H groups in total. The third-order valence-electron chi connectivity index (χ3n) is 3.68. The van der Waals surface area contributed by atoms with Crippen molar-refractivity contribution in [2.75, 3.05) is 13.6 Å². The van der Waals surface area contributed by atoms with Gasteiger partial charge < -0.3 is 5.32 Å². The first-order valence-electron chi connectivity index (χ1n) is 7.23. The van der Waals surface area contributed by atoms with Gasteiger partial charge >= 0.3 is 0 Å². The number of aryl methyl sites for hydroxylation is 1. The highest BCUT2D eigenvalue weighted by Crippen LogP contribution is 2.22. The number of hydrogen-bond acceptors (Lipinski definition) is 1. The van der Waals surface area contributed by atoms with Crippen LogP contribution in [0.15, 0.2) is 42.5 Å². The van der Waals surface area contributed by atoms with Crippen molar-refractivity contribution in [2.45, 2.75) is 19.8 Å². The van der Waals surface area contributed by atoms with Crippen LogP contribution in [0, 0.1) is 18.7 Å². The Morgan fingerprint density at radius 3 is 2.48 bits per heavy atom. The van der Waals surface area contributed by atoms with E-state index < -0.39 is 0 Å². The minimum absolute atomic E-state index is 0.200. The molecular weight excluding hydrogens is 285 g/mol. The lowest BCUT2D eigenvalue weighted by atomic mass is 9.92. The van der Waals surface area contributed by atoms with E-state index in [2.05, 4.69) is 36.5 Å². The highest BCUT2D eigenvalue weighted by molar-refractivity contribution is 6.30. The van der Waals surface area contributed by atoms with Crippen LogP contribution in [-0.4, -0.2) is 13.6 Å². The second-order valence-electron chi connectivity index (χ2n) is 5.53. The zero-order valence-corrected chi connectivity index (χ0v) is 13.3. The Kier molecular flexibility index (Phi) is 5.77. The molecule has 1 nitrogen and oxygen atoms in total. The third-order valence-corrected chi connectivity index (χ3v) is 3.97. The maximum absolute atomic E-state index is 14.0. The summed E-state index contributed by atoms with van der Waals surface area (Å²) in [6.07, 6.45) is 1.61. The predicted molar refractivity (Wildman–Crippen MR) is 87.4 cm³/mol. The fourth-order valence-corrected chi connectivity index (χ4v) is 2.77. The molecule has 2 aromatic rings. The molecule has 2 aromatic carbocycles. The fourth-order valence-electron chi connectivity index (χ4n) is 2.58. The standard InChI is InChI=1S/C18H21ClFN/c1-13-6-8-14(9-7-13)10-15(12-21-2)11-16-4-3-5-17(19)18(16)20/h3-9,15,21H,10-12H2,1-2H3. The van der Waals surface area contributed by atoms with Gasteiger partial charge in [0.05, 0.1) is 5.02 Å². The molecule has 0 spiro atoms. The molecule has 1 atom stereocenters. The van der Waals surface area contributed by atoms with Gasteiger partial charge in [-0.25, -0.2) is 4.39 Å². The van der Waals surface area contributed by atoms with Crippen molar-refractivity contribution < 1.29 is 4.39 Å². The molecule has 0 aliphatic carbocycles. The number of benzene rings is 2. The van der Waals surface area contributed by atoms with Gasteiger partial charge in [0.2, 0.25) is 0 Å². The summed E-state index contributed by atoms with van der Waals surface area (Å²) in [5, 5.41) is 3.40. The molecule has 0 saturated carbocycles. The van der Waals surface area contributed by atoms with E-state index in [1.807, 2.05) is 19.2 Å². The number of halogens is 2. The SMILES string of the molecule is CNCC(Cc1ccc(C)cc1)Cc1cccc(Cl)c1F. The Morgan fingerprint density at radius 1 is 1.10 bits per heavy atom. The molecule has 21 heavy (non-hydrogen) atoms. The summed E-state index contributed by atoms with van der Waals surface area (Å²) < 4.78 is 14.0. The normalized spacial score (nSPS) is 12.4. The molecular formula is C18H21ClFN. The molecule has 2 rings (SSSR count). The van der Waals surface area contributed by atoms with E-state index in [4.69, 9.17) is 11.6 Å². The van der Waals surface area contributed by atoms with Gasteiger partial charge in [0.25, 0.3) is 0 Å². The second-order valence-corrected chi connectivity index (χ2v) is 5.94. The lowest BCUT2D eigenvalue weighted by Crippen LogP contribution is -2.23. The van der Waals surface area contributed by atoms with Crippen LogP contribution >= 0.6 is 11.6 Å². The minimum atomic E-state index is -0.288. The third kappa shape index (κ3) is 4.55. The molecule has 0 aromatic heterocycles. The monoisotopic (exact) mass is 305 g/mol. The van der Waals surface area contributed by atoms with Crippen LogP contribution in [0.25, 0.3) is 0 Å². The second kappa shape index (κ2) is 7.58. The van der Waals surface area contributed by atoms with Crippen LogP contribution in [0.5, 0.6) is 0 Å². The summed E-state index contributed by atoms with van der Waals surface area (Å²) in [6.45, 7) is 2.93. The van der Waals surface area contributed by atoms with E-state index in [0.29, 0.717) is 17.9 Å². The van der Waals surface area contributed by atoms with Crippen molar-refractivity contribution in [1.29, 1.82) is 0 Å².